The molecule has 3 fully saturated rings. The molecule has 1 aromatic heterocycles. The number of hydrogen-bond donors (Lipinski definition) is 1. The van der Waals surface area contributed by atoms with Crippen molar-refractivity contribution in [2.45, 2.75) is 62.4 Å². The molecule has 2 saturated carbocycles. The predicted molar refractivity (Wildman–Crippen MR) is 103 cm³/mol. The normalized spacial score (nSPS) is 28.6. The van der Waals surface area contributed by atoms with Crippen molar-refractivity contribution < 1.29 is 14.4 Å². The average Bonchev–Trinajstić information content (AvgIpc) is 3.45. The van der Waals surface area contributed by atoms with Crippen molar-refractivity contribution in [3.05, 3.63) is 47.6 Å². The second-order valence-electron chi connectivity index (χ2n) is 8.85. The zero-order chi connectivity index (χ0) is 19.2. The molecule has 1 N–H and O–H groups in total. The number of nitrogens with zero attached hydrogens (tertiary/aromatic N) is 3. The van der Waals surface area contributed by atoms with Crippen LogP contribution in [-0.4, -0.2) is 44.7 Å². The highest BCUT2D eigenvalue weighted by Crippen LogP contribution is 2.50. The standard InChI is InChI=1S/C22H27N3O3/c26-20(22(27)11-4-5-12-22)25-14-17-9-6-10-21(17,15-25)19-23-18(24-28-19)13-16-7-2-1-3-8-16/h1-3,7-8,17,27H,4-6,9-15H2/t17-,21-/m1/s1. The van der Waals surface area contributed by atoms with Gasteiger partial charge in [0.15, 0.2) is 5.82 Å². The topological polar surface area (TPSA) is 79.5 Å². The molecular formula is C22H27N3O3. The summed E-state index contributed by atoms with van der Waals surface area (Å²) in [7, 11) is 0. The van der Waals surface area contributed by atoms with Gasteiger partial charge in [-0.2, -0.15) is 4.98 Å². The third-order valence-corrected chi connectivity index (χ3v) is 7.09. The van der Waals surface area contributed by atoms with Crippen molar-refractivity contribution in [3.63, 3.8) is 0 Å². The highest BCUT2D eigenvalue weighted by Gasteiger charge is 2.57. The molecule has 0 bridgehead atoms. The molecule has 3 aliphatic rings. The minimum absolute atomic E-state index is 0.0946. The highest BCUT2D eigenvalue weighted by molar-refractivity contribution is 5.85. The van der Waals surface area contributed by atoms with Gasteiger partial charge >= 0.3 is 0 Å². The minimum Gasteiger partial charge on any atom is -0.380 e. The van der Waals surface area contributed by atoms with Crippen LogP contribution in [0.4, 0.5) is 0 Å². The van der Waals surface area contributed by atoms with E-state index in [0.29, 0.717) is 50.0 Å². The summed E-state index contributed by atoms with van der Waals surface area (Å²) in [5.74, 6) is 1.62. The predicted octanol–water partition coefficient (Wildman–Crippen LogP) is 2.85. The van der Waals surface area contributed by atoms with Gasteiger partial charge in [0.25, 0.3) is 5.91 Å². The molecule has 148 valence electrons. The number of aliphatic hydroxyl groups is 1. The van der Waals surface area contributed by atoms with Crippen molar-refractivity contribution in [1.29, 1.82) is 0 Å². The van der Waals surface area contributed by atoms with Crippen LogP contribution < -0.4 is 0 Å². The SMILES string of the molecule is O=C(N1C[C@H]2CCC[C@@]2(c2nc(Cc3ccccc3)no2)C1)C1(O)CCCC1. The Morgan fingerprint density at radius 2 is 1.96 bits per heavy atom. The van der Waals surface area contributed by atoms with E-state index in [2.05, 4.69) is 17.3 Å². The van der Waals surface area contributed by atoms with Crippen LogP contribution in [-0.2, 0) is 16.6 Å². The van der Waals surface area contributed by atoms with Gasteiger partial charge < -0.3 is 14.5 Å². The van der Waals surface area contributed by atoms with E-state index >= 15 is 0 Å². The molecule has 2 atom stereocenters. The number of carbonyl (C=O) groups is 1. The maximum Gasteiger partial charge on any atom is 0.254 e. The molecule has 0 spiro atoms. The Kier molecular flexibility index (Phi) is 4.27. The molecule has 2 heterocycles. The molecule has 1 amide bonds. The second kappa shape index (κ2) is 6.69. The quantitative estimate of drug-likeness (QED) is 0.881. The van der Waals surface area contributed by atoms with E-state index in [4.69, 9.17) is 9.51 Å². The van der Waals surface area contributed by atoms with Crippen LogP contribution in [0.3, 0.4) is 0 Å². The number of benzene rings is 1. The summed E-state index contributed by atoms with van der Waals surface area (Å²) in [5, 5.41) is 15.0. The average molecular weight is 381 g/mol. The van der Waals surface area contributed by atoms with Gasteiger partial charge in [-0.25, -0.2) is 0 Å². The Hall–Kier alpha value is -2.21. The summed E-state index contributed by atoms with van der Waals surface area (Å²) in [6, 6.07) is 10.1. The lowest BCUT2D eigenvalue weighted by atomic mass is 9.80. The van der Waals surface area contributed by atoms with Crippen LogP contribution in [0.2, 0.25) is 0 Å². The van der Waals surface area contributed by atoms with Gasteiger partial charge in [0, 0.05) is 19.5 Å². The summed E-state index contributed by atoms with van der Waals surface area (Å²) in [4.78, 5) is 19.7. The van der Waals surface area contributed by atoms with E-state index in [0.717, 1.165) is 37.7 Å². The summed E-state index contributed by atoms with van der Waals surface area (Å²) in [6.45, 7) is 1.28. The molecule has 2 aliphatic carbocycles. The first-order valence-electron chi connectivity index (χ1n) is 10.5. The van der Waals surface area contributed by atoms with Crippen LogP contribution in [0.25, 0.3) is 0 Å². The van der Waals surface area contributed by atoms with Gasteiger partial charge in [-0.15, -0.1) is 0 Å². The molecule has 6 heteroatoms. The Morgan fingerprint density at radius 3 is 2.75 bits per heavy atom. The maximum absolute atomic E-state index is 13.0. The second-order valence-corrected chi connectivity index (χ2v) is 8.85. The lowest BCUT2D eigenvalue weighted by Gasteiger charge is -2.29. The van der Waals surface area contributed by atoms with Crippen LogP contribution in [0.1, 0.15) is 62.2 Å². The van der Waals surface area contributed by atoms with Crippen molar-refractivity contribution >= 4 is 5.91 Å². The molecule has 1 aromatic carbocycles. The molecule has 28 heavy (non-hydrogen) atoms. The van der Waals surface area contributed by atoms with Gasteiger partial charge in [-0.1, -0.05) is 41.9 Å². The van der Waals surface area contributed by atoms with Gasteiger partial charge in [0.1, 0.15) is 5.60 Å². The van der Waals surface area contributed by atoms with E-state index in [-0.39, 0.29) is 11.3 Å². The third kappa shape index (κ3) is 2.85. The largest absolute Gasteiger partial charge is 0.380 e. The van der Waals surface area contributed by atoms with Crippen molar-refractivity contribution in [3.8, 4) is 0 Å². The third-order valence-electron chi connectivity index (χ3n) is 7.09. The van der Waals surface area contributed by atoms with Crippen molar-refractivity contribution in [2.24, 2.45) is 5.92 Å². The van der Waals surface area contributed by atoms with E-state index in [9.17, 15) is 9.90 Å². The van der Waals surface area contributed by atoms with Crippen LogP contribution in [0.15, 0.2) is 34.9 Å². The van der Waals surface area contributed by atoms with E-state index in [1.54, 1.807) is 0 Å². The Morgan fingerprint density at radius 1 is 1.18 bits per heavy atom. The van der Waals surface area contributed by atoms with E-state index in [1.165, 1.54) is 0 Å². The number of rotatable bonds is 4. The lowest BCUT2D eigenvalue weighted by Crippen LogP contribution is -2.47. The van der Waals surface area contributed by atoms with Crippen molar-refractivity contribution in [2.75, 3.05) is 13.1 Å². The Balaban J connectivity index is 1.37. The molecule has 2 aromatic rings. The van der Waals surface area contributed by atoms with Crippen LogP contribution in [0.5, 0.6) is 0 Å². The van der Waals surface area contributed by atoms with Gasteiger partial charge in [-0.3, -0.25) is 4.79 Å². The van der Waals surface area contributed by atoms with E-state index < -0.39 is 5.60 Å². The Labute approximate surface area is 164 Å². The Bertz CT molecular complexity index is 859. The minimum atomic E-state index is -1.16. The molecule has 5 rings (SSSR count). The van der Waals surface area contributed by atoms with Gasteiger partial charge in [-0.05, 0) is 50.0 Å². The lowest BCUT2D eigenvalue weighted by molar-refractivity contribution is -0.150. The number of fused-ring (bicyclic) bond motifs is 1. The number of carbonyl (C=O) groups excluding carboxylic acids is 1. The highest BCUT2D eigenvalue weighted by atomic mass is 16.5. The summed E-state index contributed by atoms with van der Waals surface area (Å²) >= 11 is 0. The van der Waals surface area contributed by atoms with Gasteiger partial charge in [0.05, 0.1) is 5.41 Å². The molecule has 1 aliphatic heterocycles. The fourth-order valence-electron chi connectivity index (χ4n) is 5.57. The first kappa shape index (κ1) is 17.9. The molecule has 1 saturated heterocycles. The summed E-state index contributed by atoms with van der Waals surface area (Å²) in [5.41, 5.74) is -0.248. The zero-order valence-electron chi connectivity index (χ0n) is 16.1. The smallest absolute Gasteiger partial charge is 0.254 e. The number of hydrogen-bond acceptors (Lipinski definition) is 5. The fraction of sp³-hybridized carbons (Fsp3) is 0.591. The fourth-order valence-corrected chi connectivity index (χ4v) is 5.57. The number of likely N-dealkylation sites (tertiary alicyclic amines) is 1. The van der Waals surface area contributed by atoms with Crippen molar-refractivity contribution in [1.82, 2.24) is 15.0 Å². The first-order valence-corrected chi connectivity index (χ1v) is 10.5. The molecule has 0 radical (unpaired) electrons. The van der Waals surface area contributed by atoms with Crippen LogP contribution in [0, 0.1) is 5.92 Å². The number of amides is 1. The van der Waals surface area contributed by atoms with Crippen LogP contribution >= 0.6 is 0 Å². The summed E-state index contributed by atoms with van der Waals surface area (Å²) in [6.07, 6.45) is 6.82. The zero-order valence-corrected chi connectivity index (χ0v) is 16.1. The van der Waals surface area contributed by atoms with E-state index in [1.807, 2.05) is 23.1 Å². The molecule has 0 unspecified atom stereocenters. The monoisotopic (exact) mass is 381 g/mol. The maximum atomic E-state index is 13.0. The summed E-state index contributed by atoms with van der Waals surface area (Å²) < 4.78 is 5.74. The molecular weight excluding hydrogens is 354 g/mol. The molecule has 6 nitrogen and oxygen atoms in total. The van der Waals surface area contributed by atoms with Gasteiger partial charge in [0.2, 0.25) is 5.89 Å². The number of aromatic nitrogens is 2. The first-order chi connectivity index (χ1) is 13.6.